The van der Waals surface area contributed by atoms with E-state index in [4.69, 9.17) is 0 Å². The lowest BCUT2D eigenvalue weighted by Crippen LogP contribution is -2.12. The Balaban J connectivity index is 1.56. The number of carbonyl (C=O) groups excluding carboxylic acids is 2. The molecule has 4 nitrogen and oxygen atoms in total. The minimum atomic E-state index is -0.162. The van der Waals surface area contributed by atoms with E-state index >= 15 is 0 Å². The summed E-state index contributed by atoms with van der Waals surface area (Å²) in [5, 5.41) is 5.55. The number of rotatable bonds is 6. The predicted octanol–water partition coefficient (Wildman–Crippen LogP) is 5.19. The first-order chi connectivity index (χ1) is 13.1. The van der Waals surface area contributed by atoms with Crippen molar-refractivity contribution in [2.75, 3.05) is 10.6 Å². The summed E-state index contributed by atoms with van der Waals surface area (Å²) in [6, 6.07) is 24.9. The van der Waals surface area contributed by atoms with Gasteiger partial charge >= 0.3 is 0 Å². The monoisotopic (exact) mass is 376 g/mol. The summed E-state index contributed by atoms with van der Waals surface area (Å²) < 4.78 is 0. The third-order valence-electron chi connectivity index (χ3n) is 3.83. The van der Waals surface area contributed by atoms with Gasteiger partial charge in [-0.05, 0) is 54.1 Å². The second-order valence-electron chi connectivity index (χ2n) is 6.01. The van der Waals surface area contributed by atoms with Gasteiger partial charge in [0, 0.05) is 34.5 Å². The molecule has 0 saturated carbocycles. The molecule has 2 amide bonds. The highest BCUT2D eigenvalue weighted by Gasteiger charge is 2.06. The summed E-state index contributed by atoms with van der Waals surface area (Å²) in [5.41, 5.74) is 3.15. The number of benzene rings is 3. The summed E-state index contributed by atoms with van der Waals surface area (Å²) in [4.78, 5) is 24.6. The third-order valence-corrected chi connectivity index (χ3v) is 4.91. The lowest BCUT2D eigenvalue weighted by Gasteiger charge is -2.08. The second kappa shape index (κ2) is 9.05. The summed E-state index contributed by atoms with van der Waals surface area (Å²) in [5.74, 6) is 0.568. The van der Waals surface area contributed by atoms with Crippen LogP contribution in [-0.2, 0) is 10.5 Å². The Labute approximate surface area is 163 Å². The molecule has 0 fully saturated rings. The standard InChI is InChI=1S/C22H20N2O2S/c1-16(25)23-19-11-13-20(14-12-19)24-22(26)18-9-7-17(8-10-18)15-27-21-5-3-2-4-6-21/h2-14H,15H2,1H3,(H,23,25)(H,24,26). The first kappa shape index (κ1) is 18.7. The van der Waals surface area contributed by atoms with Crippen molar-refractivity contribution in [1.82, 2.24) is 0 Å². The molecular formula is C22H20N2O2S. The Hall–Kier alpha value is -3.05. The zero-order valence-electron chi connectivity index (χ0n) is 14.9. The number of thioether (sulfide) groups is 1. The molecule has 3 rings (SSSR count). The molecule has 0 aromatic heterocycles. The van der Waals surface area contributed by atoms with Gasteiger partial charge in [0.15, 0.2) is 0 Å². The minimum absolute atomic E-state index is 0.127. The summed E-state index contributed by atoms with van der Waals surface area (Å²) in [6.45, 7) is 1.46. The maximum Gasteiger partial charge on any atom is 0.255 e. The van der Waals surface area contributed by atoms with Crippen molar-refractivity contribution in [3.8, 4) is 0 Å². The number of amides is 2. The fourth-order valence-corrected chi connectivity index (χ4v) is 3.35. The van der Waals surface area contributed by atoms with Crippen LogP contribution in [0.1, 0.15) is 22.8 Å². The van der Waals surface area contributed by atoms with Gasteiger partial charge in [0.05, 0.1) is 0 Å². The van der Waals surface area contributed by atoms with Gasteiger partial charge in [-0.3, -0.25) is 9.59 Å². The van der Waals surface area contributed by atoms with Crippen molar-refractivity contribution in [3.05, 3.63) is 90.0 Å². The zero-order chi connectivity index (χ0) is 19.1. The fraction of sp³-hybridized carbons (Fsp3) is 0.0909. The molecule has 0 saturated heterocycles. The van der Waals surface area contributed by atoms with E-state index in [9.17, 15) is 9.59 Å². The van der Waals surface area contributed by atoms with Crippen LogP contribution in [-0.4, -0.2) is 11.8 Å². The molecule has 0 heterocycles. The summed E-state index contributed by atoms with van der Waals surface area (Å²) >= 11 is 1.77. The third kappa shape index (κ3) is 5.72. The fourth-order valence-electron chi connectivity index (χ4n) is 2.48. The molecule has 0 aliphatic rings. The van der Waals surface area contributed by atoms with Crippen molar-refractivity contribution >= 4 is 35.0 Å². The topological polar surface area (TPSA) is 58.2 Å². The second-order valence-corrected chi connectivity index (χ2v) is 7.06. The van der Waals surface area contributed by atoms with Gasteiger partial charge in [-0.2, -0.15) is 0 Å². The van der Waals surface area contributed by atoms with Gasteiger partial charge in [-0.15, -0.1) is 11.8 Å². The van der Waals surface area contributed by atoms with Gasteiger partial charge in [0.2, 0.25) is 5.91 Å². The molecule has 2 N–H and O–H groups in total. The van der Waals surface area contributed by atoms with Gasteiger partial charge in [-0.1, -0.05) is 30.3 Å². The van der Waals surface area contributed by atoms with E-state index < -0.39 is 0 Å². The molecule has 0 aliphatic heterocycles. The van der Waals surface area contributed by atoms with E-state index in [-0.39, 0.29) is 11.8 Å². The minimum Gasteiger partial charge on any atom is -0.326 e. The largest absolute Gasteiger partial charge is 0.326 e. The molecule has 5 heteroatoms. The van der Waals surface area contributed by atoms with E-state index in [1.165, 1.54) is 17.4 Å². The van der Waals surface area contributed by atoms with Crippen LogP contribution in [0.15, 0.2) is 83.8 Å². The molecule has 3 aromatic carbocycles. The van der Waals surface area contributed by atoms with Crippen molar-refractivity contribution in [2.45, 2.75) is 17.6 Å². The predicted molar refractivity (Wildman–Crippen MR) is 111 cm³/mol. The Bertz CT molecular complexity index is 907. The average Bonchev–Trinajstić information content (AvgIpc) is 2.69. The molecular weight excluding hydrogens is 356 g/mol. The number of anilines is 2. The average molecular weight is 376 g/mol. The van der Waals surface area contributed by atoms with Crippen LogP contribution in [0.5, 0.6) is 0 Å². The van der Waals surface area contributed by atoms with E-state index in [0.29, 0.717) is 16.9 Å². The highest BCUT2D eigenvalue weighted by atomic mass is 32.2. The van der Waals surface area contributed by atoms with Crippen LogP contribution < -0.4 is 10.6 Å². The number of nitrogens with one attached hydrogen (secondary N) is 2. The Morgan fingerprint density at radius 2 is 1.37 bits per heavy atom. The van der Waals surface area contributed by atoms with Crippen LogP contribution in [0.2, 0.25) is 0 Å². The van der Waals surface area contributed by atoms with Gasteiger partial charge in [0.25, 0.3) is 5.91 Å². The maximum atomic E-state index is 12.4. The lowest BCUT2D eigenvalue weighted by molar-refractivity contribution is -0.114. The van der Waals surface area contributed by atoms with E-state index in [0.717, 1.165) is 5.75 Å². The highest BCUT2D eigenvalue weighted by molar-refractivity contribution is 7.98. The van der Waals surface area contributed by atoms with Crippen LogP contribution in [0, 0.1) is 0 Å². The maximum absolute atomic E-state index is 12.4. The van der Waals surface area contributed by atoms with Gasteiger partial charge in [0.1, 0.15) is 0 Å². The molecule has 0 unspecified atom stereocenters. The van der Waals surface area contributed by atoms with Crippen molar-refractivity contribution in [3.63, 3.8) is 0 Å². The first-order valence-corrected chi connectivity index (χ1v) is 9.54. The Morgan fingerprint density at radius 3 is 1.96 bits per heavy atom. The number of carbonyl (C=O) groups is 2. The molecule has 136 valence electrons. The SMILES string of the molecule is CC(=O)Nc1ccc(NC(=O)c2ccc(CSc3ccccc3)cc2)cc1. The molecule has 0 bridgehead atoms. The number of hydrogen-bond acceptors (Lipinski definition) is 3. The molecule has 3 aromatic rings. The van der Waals surface area contributed by atoms with Crippen LogP contribution in [0.4, 0.5) is 11.4 Å². The number of hydrogen-bond donors (Lipinski definition) is 2. The molecule has 0 aliphatic carbocycles. The zero-order valence-corrected chi connectivity index (χ0v) is 15.8. The van der Waals surface area contributed by atoms with E-state index in [1.54, 1.807) is 36.0 Å². The quantitative estimate of drug-likeness (QED) is 0.582. The van der Waals surface area contributed by atoms with Crippen LogP contribution in [0.25, 0.3) is 0 Å². The van der Waals surface area contributed by atoms with Gasteiger partial charge < -0.3 is 10.6 Å². The van der Waals surface area contributed by atoms with E-state index in [1.807, 2.05) is 42.5 Å². The van der Waals surface area contributed by atoms with Crippen molar-refractivity contribution < 1.29 is 9.59 Å². The highest BCUT2D eigenvalue weighted by Crippen LogP contribution is 2.22. The first-order valence-electron chi connectivity index (χ1n) is 8.56. The van der Waals surface area contributed by atoms with E-state index in [2.05, 4.69) is 22.8 Å². The molecule has 27 heavy (non-hydrogen) atoms. The molecule has 0 radical (unpaired) electrons. The van der Waals surface area contributed by atoms with Crippen molar-refractivity contribution in [1.29, 1.82) is 0 Å². The Kier molecular flexibility index (Phi) is 6.28. The molecule has 0 atom stereocenters. The Morgan fingerprint density at radius 1 is 0.778 bits per heavy atom. The summed E-state index contributed by atoms with van der Waals surface area (Å²) in [6.07, 6.45) is 0. The summed E-state index contributed by atoms with van der Waals surface area (Å²) in [7, 11) is 0. The lowest BCUT2D eigenvalue weighted by atomic mass is 10.1. The van der Waals surface area contributed by atoms with Crippen LogP contribution >= 0.6 is 11.8 Å². The van der Waals surface area contributed by atoms with Crippen molar-refractivity contribution in [2.24, 2.45) is 0 Å². The normalized spacial score (nSPS) is 10.3. The van der Waals surface area contributed by atoms with Gasteiger partial charge in [-0.25, -0.2) is 0 Å². The smallest absolute Gasteiger partial charge is 0.255 e. The van der Waals surface area contributed by atoms with Crippen LogP contribution in [0.3, 0.4) is 0 Å². The molecule has 0 spiro atoms.